The Morgan fingerprint density at radius 2 is 2.35 bits per heavy atom. The van der Waals surface area contributed by atoms with Crippen LogP contribution in [0.2, 0.25) is 0 Å². The molecule has 0 unspecified atom stereocenters. The Bertz CT molecular complexity index is 450. The Kier molecular flexibility index (Phi) is 3.42. The van der Waals surface area contributed by atoms with Gasteiger partial charge in [-0.05, 0) is 18.8 Å². The van der Waals surface area contributed by atoms with E-state index in [1.54, 1.807) is 0 Å². The summed E-state index contributed by atoms with van der Waals surface area (Å²) in [6.45, 7) is 0. The van der Waals surface area contributed by atoms with E-state index in [4.69, 9.17) is 0 Å². The Morgan fingerprint density at radius 1 is 1.65 bits per heavy atom. The van der Waals surface area contributed by atoms with Gasteiger partial charge in [-0.2, -0.15) is 0 Å². The van der Waals surface area contributed by atoms with Crippen molar-refractivity contribution in [2.24, 2.45) is 5.92 Å². The first-order chi connectivity index (χ1) is 8.11. The van der Waals surface area contributed by atoms with Gasteiger partial charge in [0.25, 0.3) is 5.69 Å². The second-order valence-electron chi connectivity index (χ2n) is 4.16. The maximum Gasteiger partial charge on any atom is 0.355 e. The van der Waals surface area contributed by atoms with Gasteiger partial charge in [-0.25, -0.2) is 4.79 Å². The number of carbonyl (C=O) groups is 1. The molecular weight excluding hydrogens is 242 g/mol. The SMILES string of the molecule is COC(=O)c1sc(CCC2CC2)cc1[N+](=O)[O-]. The second kappa shape index (κ2) is 4.83. The fourth-order valence-corrected chi connectivity index (χ4v) is 2.74. The Hall–Kier alpha value is -1.43. The molecule has 92 valence electrons. The molecule has 2 rings (SSSR count). The first-order valence-corrected chi connectivity index (χ1v) is 6.29. The molecule has 6 heteroatoms. The van der Waals surface area contributed by atoms with Crippen LogP contribution in [0.4, 0.5) is 5.69 Å². The fraction of sp³-hybridized carbons (Fsp3) is 0.545. The third kappa shape index (κ3) is 2.82. The van der Waals surface area contributed by atoms with Gasteiger partial charge in [-0.1, -0.05) is 12.8 Å². The number of nitrogens with zero attached hydrogens (tertiary/aromatic N) is 1. The van der Waals surface area contributed by atoms with Gasteiger partial charge in [0.1, 0.15) is 0 Å². The van der Waals surface area contributed by atoms with Gasteiger partial charge in [0, 0.05) is 10.9 Å². The summed E-state index contributed by atoms with van der Waals surface area (Å²) in [5.74, 6) is 0.150. The summed E-state index contributed by atoms with van der Waals surface area (Å²) < 4.78 is 4.55. The van der Waals surface area contributed by atoms with E-state index >= 15 is 0 Å². The third-order valence-corrected chi connectivity index (χ3v) is 3.99. The van der Waals surface area contributed by atoms with Gasteiger partial charge in [0.2, 0.25) is 0 Å². The summed E-state index contributed by atoms with van der Waals surface area (Å²) in [7, 11) is 1.23. The van der Waals surface area contributed by atoms with Crippen molar-refractivity contribution >= 4 is 23.0 Å². The van der Waals surface area contributed by atoms with Crippen molar-refractivity contribution in [2.45, 2.75) is 25.7 Å². The van der Waals surface area contributed by atoms with E-state index in [-0.39, 0.29) is 10.6 Å². The average Bonchev–Trinajstić information content (AvgIpc) is 3.03. The van der Waals surface area contributed by atoms with Crippen LogP contribution in [0.1, 0.15) is 33.8 Å². The molecule has 0 amide bonds. The van der Waals surface area contributed by atoms with Crippen LogP contribution in [0, 0.1) is 16.0 Å². The molecular formula is C11H13NO4S. The van der Waals surface area contributed by atoms with Crippen molar-refractivity contribution in [3.05, 3.63) is 25.9 Å². The normalized spacial score (nSPS) is 14.6. The number of aryl methyl sites for hydroxylation is 1. The van der Waals surface area contributed by atoms with Crippen LogP contribution in [0.15, 0.2) is 6.07 Å². The largest absolute Gasteiger partial charge is 0.465 e. The van der Waals surface area contributed by atoms with Crippen LogP contribution < -0.4 is 0 Å². The summed E-state index contributed by atoms with van der Waals surface area (Å²) >= 11 is 1.17. The summed E-state index contributed by atoms with van der Waals surface area (Å²) in [6.07, 6.45) is 4.39. The number of esters is 1. The van der Waals surface area contributed by atoms with E-state index in [0.717, 1.165) is 23.6 Å². The van der Waals surface area contributed by atoms with E-state index in [9.17, 15) is 14.9 Å². The van der Waals surface area contributed by atoms with Crippen LogP contribution in [0.3, 0.4) is 0 Å². The molecule has 1 fully saturated rings. The lowest BCUT2D eigenvalue weighted by atomic mass is 10.2. The molecule has 1 heterocycles. The number of thiophene rings is 1. The van der Waals surface area contributed by atoms with Crippen LogP contribution in [-0.2, 0) is 11.2 Å². The molecule has 1 aromatic heterocycles. The van der Waals surface area contributed by atoms with Gasteiger partial charge in [0.15, 0.2) is 4.88 Å². The molecule has 17 heavy (non-hydrogen) atoms. The zero-order valence-electron chi connectivity index (χ0n) is 9.47. The number of nitro groups is 1. The predicted molar refractivity (Wildman–Crippen MR) is 63.4 cm³/mol. The molecule has 0 atom stereocenters. The van der Waals surface area contributed by atoms with Gasteiger partial charge in [-0.15, -0.1) is 11.3 Å². The zero-order chi connectivity index (χ0) is 12.4. The van der Waals surface area contributed by atoms with Crippen molar-refractivity contribution in [3.63, 3.8) is 0 Å². The molecule has 1 aliphatic carbocycles. The number of hydrogen-bond donors (Lipinski definition) is 0. The molecule has 1 saturated carbocycles. The highest BCUT2D eigenvalue weighted by Crippen LogP contribution is 2.36. The first kappa shape index (κ1) is 12.0. The Labute approximate surface area is 103 Å². The Morgan fingerprint density at radius 3 is 2.88 bits per heavy atom. The van der Waals surface area contributed by atoms with E-state index < -0.39 is 10.9 Å². The van der Waals surface area contributed by atoms with E-state index in [2.05, 4.69) is 4.74 Å². The van der Waals surface area contributed by atoms with Crippen molar-refractivity contribution in [1.29, 1.82) is 0 Å². The van der Waals surface area contributed by atoms with Crippen LogP contribution in [0.25, 0.3) is 0 Å². The van der Waals surface area contributed by atoms with E-state index in [0.29, 0.717) is 0 Å². The predicted octanol–water partition coefficient (Wildman–Crippen LogP) is 2.79. The average molecular weight is 255 g/mol. The van der Waals surface area contributed by atoms with Crippen LogP contribution >= 0.6 is 11.3 Å². The van der Waals surface area contributed by atoms with Crippen LogP contribution in [0.5, 0.6) is 0 Å². The first-order valence-electron chi connectivity index (χ1n) is 5.47. The van der Waals surface area contributed by atoms with Crippen molar-refractivity contribution < 1.29 is 14.5 Å². The molecule has 1 aromatic rings. The lowest BCUT2D eigenvalue weighted by Gasteiger charge is -1.94. The molecule has 0 N–H and O–H groups in total. The number of carbonyl (C=O) groups excluding carboxylic acids is 1. The molecule has 5 nitrogen and oxygen atoms in total. The smallest absolute Gasteiger partial charge is 0.355 e. The Balaban J connectivity index is 2.16. The monoisotopic (exact) mass is 255 g/mol. The highest BCUT2D eigenvalue weighted by atomic mass is 32.1. The lowest BCUT2D eigenvalue weighted by molar-refractivity contribution is -0.384. The standard InChI is InChI=1S/C11H13NO4S/c1-16-11(13)10-9(12(14)15)6-8(17-10)5-4-7-2-3-7/h6-7H,2-5H2,1H3. The van der Waals surface area contributed by atoms with Gasteiger partial charge >= 0.3 is 5.97 Å². The van der Waals surface area contributed by atoms with Gasteiger partial charge in [0.05, 0.1) is 12.0 Å². The second-order valence-corrected chi connectivity index (χ2v) is 5.29. The van der Waals surface area contributed by atoms with Crippen LogP contribution in [-0.4, -0.2) is 18.0 Å². The maximum atomic E-state index is 11.4. The summed E-state index contributed by atoms with van der Waals surface area (Å²) in [6, 6.07) is 1.50. The minimum Gasteiger partial charge on any atom is -0.465 e. The molecule has 0 bridgehead atoms. The van der Waals surface area contributed by atoms with Gasteiger partial charge in [-0.3, -0.25) is 10.1 Å². The fourth-order valence-electron chi connectivity index (χ4n) is 1.68. The maximum absolute atomic E-state index is 11.4. The molecule has 0 aliphatic heterocycles. The third-order valence-electron chi connectivity index (χ3n) is 2.83. The summed E-state index contributed by atoms with van der Waals surface area (Å²) in [5, 5.41) is 10.8. The highest BCUT2D eigenvalue weighted by Gasteiger charge is 2.27. The lowest BCUT2D eigenvalue weighted by Crippen LogP contribution is -2.01. The molecule has 0 radical (unpaired) electrons. The molecule has 0 aromatic carbocycles. The topological polar surface area (TPSA) is 69.4 Å². The number of hydrogen-bond acceptors (Lipinski definition) is 5. The highest BCUT2D eigenvalue weighted by molar-refractivity contribution is 7.14. The zero-order valence-corrected chi connectivity index (χ0v) is 10.3. The minimum atomic E-state index is -0.626. The number of ether oxygens (including phenoxy) is 1. The minimum absolute atomic E-state index is 0.100. The van der Waals surface area contributed by atoms with Gasteiger partial charge < -0.3 is 4.74 Å². The van der Waals surface area contributed by atoms with E-state index in [1.165, 1.54) is 37.4 Å². The molecule has 0 saturated heterocycles. The number of rotatable bonds is 5. The van der Waals surface area contributed by atoms with Crippen molar-refractivity contribution in [2.75, 3.05) is 7.11 Å². The quantitative estimate of drug-likeness (QED) is 0.461. The summed E-state index contributed by atoms with van der Waals surface area (Å²) in [5.41, 5.74) is -0.132. The number of methoxy groups -OCH3 is 1. The van der Waals surface area contributed by atoms with Crippen molar-refractivity contribution in [1.82, 2.24) is 0 Å². The summed E-state index contributed by atoms with van der Waals surface area (Å²) in [4.78, 5) is 22.7. The molecule has 0 spiro atoms. The molecule has 1 aliphatic rings. The van der Waals surface area contributed by atoms with Crippen molar-refractivity contribution in [3.8, 4) is 0 Å². The van der Waals surface area contributed by atoms with E-state index in [1.807, 2.05) is 0 Å².